The van der Waals surface area contributed by atoms with E-state index in [1.807, 2.05) is 6.92 Å². The number of rotatable bonds is 4. The molecular weight excluding hydrogens is 427 g/mol. The van der Waals surface area contributed by atoms with Crippen LogP contribution in [0.1, 0.15) is 40.7 Å². The smallest absolute Gasteiger partial charge is 0.396 e. The number of thiazole rings is 1. The number of unbranched alkanes of at least 4 members (excludes halogenated alkanes) is 1. The summed E-state index contributed by atoms with van der Waals surface area (Å²) in [6, 6.07) is 9.95. The molecule has 0 spiro atoms. The van der Waals surface area contributed by atoms with Crippen LogP contribution in [0.25, 0.3) is 26.9 Å². The molecule has 0 saturated heterocycles. The maximum atomic E-state index is 12.8. The summed E-state index contributed by atoms with van der Waals surface area (Å²) in [6.07, 6.45) is -2.35. The average molecular weight is 449 g/mol. The number of aromatic nitrogens is 2. The fourth-order valence-corrected chi connectivity index (χ4v) is 4.07. The van der Waals surface area contributed by atoms with E-state index in [9.17, 15) is 18.0 Å². The summed E-state index contributed by atoms with van der Waals surface area (Å²) in [5.74, 6) is -0.538. The van der Waals surface area contributed by atoms with Crippen molar-refractivity contribution in [1.29, 1.82) is 0 Å². The lowest BCUT2D eigenvalue weighted by Gasteiger charge is -2.10. The Kier molecular flexibility index (Phi) is 6.66. The second kappa shape index (κ2) is 9.07. The molecule has 3 N–H and O–H groups in total. The summed E-state index contributed by atoms with van der Waals surface area (Å²) in [4.78, 5) is 16.0. The highest BCUT2D eigenvalue weighted by Crippen LogP contribution is 2.37. The van der Waals surface area contributed by atoms with E-state index in [1.54, 1.807) is 22.8 Å². The van der Waals surface area contributed by atoms with Crippen molar-refractivity contribution in [3.05, 3.63) is 58.6 Å². The molecular formula is C22H22F3N3O2S. The largest absolute Gasteiger partial charge is 0.416 e. The summed E-state index contributed by atoms with van der Waals surface area (Å²) >= 11 is 1.46. The zero-order chi connectivity index (χ0) is 22.8. The Balaban J connectivity index is 0.000000491. The number of nitrogens with two attached hydrogens (primary N) is 1. The fraction of sp³-hybridized carbons (Fsp3) is 0.273. The zero-order valence-electron chi connectivity index (χ0n) is 17.0. The van der Waals surface area contributed by atoms with Gasteiger partial charge in [-0.05, 0) is 55.8 Å². The standard InChI is InChI=1S/C18H12F3N3OS.C4H10O/c1-9-23-17-15(26-9)13-8-10(16(22)25)2-7-14(13)24(17)12-5-3-11(4-6-12)18(19,20)21;1-2-3-4-5/h2-8H,1H3,(H2,22,25);5H,2-4H2,1H3. The van der Waals surface area contributed by atoms with E-state index in [0.29, 0.717) is 23.5 Å². The van der Waals surface area contributed by atoms with Crippen molar-refractivity contribution < 1.29 is 23.1 Å². The molecule has 0 atom stereocenters. The Morgan fingerprint density at radius 3 is 2.39 bits per heavy atom. The van der Waals surface area contributed by atoms with E-state index in [0.717, 1.165) is 45.6 Å². The van der Waals surface area contributed by atoms with Crippen molar-refractivity contribution >= 4 is 38.5 Å². The van der Waals surface area contributed by atoms with E-state index in [1.165, 1.54) is 23.5 Å². The summed E-state index contributed by atoms with van der Waals surface area (Å²) in [7, 11) is 0. The third-order valence-corrected chi connectivity index (χ3v) is 5.65. The molecule has 4 aromatic rings. The van der Waals surface area contributed by atoms with Crippen LogP contribution in [-0.2, 0) is 6.18 Å². The lowest BCUT2D eigenvalue weighted by molar-refractivity contribution is -0.137. The molecule has 0 aliphatic rings. The number of amides is 1. The molecule has 9 heteroatoms. The quantitative estimate of drug-likeness (QED) is 0.435. The molecule has 1 amide bonds. The fourth-order valence-electron chi connectivity index (χ4n) is 3.14. The van der Waals surface area contributed by atoms with Gasteiger partial charge in [0.1, 0.15) is 0 Å². The van der Waals surface area contributed by atoms with Gasteiger partial charge < -0.3 is 10.8 Å². The molecule has 2 aromatic carbocycles. The van der Waals surface area contributed by atoms with Crippen molar-refractivity contribution in [3.8, 4) is 5.69 Å². The number of alkyl halides is 3. The third kappa shape index (κ3) is 4.72. The first-order valence-electron chi connectivity index (χ1n) is 9.67. The lowest BCUT2D eigenvalue weighted by Crippen LogP contribution is -2.10. The third-order valence-electron chi connectivity index (χ3n) is 4.66. The van der Waals surface area contributed by atoms with Crippen LogP contribution in [0.15, 0.2) is 42.5 Å². The second-order valence-electron chi connectivity index (χ2n) is 6.94. The van der Waals surface area contributed by atoms with Gasteiger partial charge in [-0.3, -0.25) is 9.36 Å². The highest BCUT2D eigenvalue weighted by molar-refractivity contribution is 7.19. The Labute approximate surface area is 180 Å². The molecule has 0 unspecified atom stereocenters. The summed E-state index contributed by atoms with van der Waals surface area (Å²) < 4.78 is 41.1. The number of carbonyl (C=O) groups excluding carboxylic acids is 1. The molecule has 0 aliphatic heterocycles. The molecule has 4 rings (SSSR count). The highest BCUT2D eigenvalue weighted by Gasteiger charge is 2.30. The number of primary amides is 1. The maximum Gasteiger partial charge on any atom is 0.416 e. The topological polar surface area (TPSA) is 81.1 Å². The van der Waals surface area contributed by atoms with Crippen molar-refractivity contribution in [3.63, 3.8) is 0 Å². The monoisotopic (exact) mass is 449 g/mol. The number of aliphatic hydroxyl groups excluding tert-OH is 1. The normalized spacial score (nSPS) is 11.5. The van der Waals surface area contributed by atoms with E-state index in [4.69, 9.17) is 10.8 Å². The predicted molar refractivity (Wildman–Crippen MR) is 117 cm³/mol. The Morgan fingerprint density at radius 1 is 1.19 bits per heavy atom. The molecule has 0 saturated carbocycles. The van der Waals surface area contributed by atoms with Gasteiger partial charge >= 0.3 is 6.18 Å². The van der Waals surface area contributed by atoms with Crippen LogP contribution in [0.3, 0.4) is 0 Å². The number of hydrogen-bond acceptors (Lipinski definition) is 4. The first-order valence-corrected chi connectivity index (χ1v) is 10.5. The second-order valence-corrected chi connectivity index (χ2v) is 8.14. The van der Waals surface area contributed by atoms with Crippen LogP contribution in [0.4, 0.5) is 13.2 Å². The van der Waals surface area contributed by atoms with Crippen LogP contribution >= 0.6 is 11.3 Å². The van der Waals surface area contributed by atoms with Crippen molar-refractivity contribution in [2.24, 2.45) is 5.73 Å². The predicted octanol–water partition coefficient (Wildman–Crippen LogP) is 5.45. The van der Waals surface area contributed by atoms with Gasteiger partial charge in [0.2, 0.25) is 5.91 Å². The molecule has 2 heterocycles. The summed E-state index contributed by atoms with van der Waals surface area (Å²) in [6.45, 7) is 4.25. The molecule has 0 aliphatic carbocycles. The van der Waals surface area contributed by atoms with E-state index < -0.39 is 17.6 Å². The summed E-state index contributed by atoms with van der Waals surface area (Å²) in [5, 5.41) is 9.68. The van der Waals surface area contributed by atoms with Crippen LogP contribution in [0.5, 0.6) is 0 Å². The van der Waals surface area contributed by atoms with Crippen LogP contribution in [0.2, 0.25) is 0 Å². The number of aliphatic hydroxyl groups is 1. The van der Waals surface area contributed by atoms with Gasteiger partial charge in [-0.25, -0.2) is 4.98 Å². The van der Waals surface area contributed by atoms with Gasteiger partial charge in [-0.2, -0.15) is 13.2 Å². The van der Waals surface area contributed by atoms with Gasteiger partial charge in [0.05, 0.1) is 20.8 Å². The average Bonchev–Trinajstić information content (AvgIpc) is 3.23. The van der Waals surface area contributed by atoms with E-state index in [2.05, 4.69) is 11.9 Å². The van der Waals surface area contributed by atoms with Crippen LogP contribution < -0.4 is 5.73 Å². The van der Waals surface area contributed by atoms with E-state index in [-0.39, 0.29) is 0 Å². The van der Waals surface area contributed by atoms with Gasteiger partial charge in [0.25, 0.3) is 0 Å². The number of benzene rings is 2. The lowest BCUT2D eigenvalue weighted by atomic mass is 10.1. The number of hydrogen-bond donors (Lipinski definition) is 2. The van der Waals surface area contributed by atoms with Crippen molar-refractivity contribution in [2.45, 2.75) is 32.9 Å². The Hall–Kier alpha value is -2.91. The number of carbonyl (C=O) groups is 1. The van der Waals surface area contributed by atoms with E-state index >= 15 is 0 Å². The van der Waals surface area contributed by atoms with Gasteiger partial charge in [-0.15, -0.1) is 11.3 Å². The summed E-state index contributed by atoms with van der Waals surface area (Å²) in [5.41, 5.74) is 6.99. The van der Waals surface area contributed by atoms with Crippen LogP contribution in [-0.4, -0.2) is 27.2 Å². The number of fused-ring (bicyclic) bond motifs is 3. The zero-order valence-corrected chi connectivity index (χ0v) is 17.8. The minimum atomic E-state index is -4.39. The first kappa shape index (κ1) is 22.8. The Morgan fingerprint density at radius 2 is 1.87 bits per heavy atom. The molecule has 31 heavy (non-hydrogen) atoms. The highest BCUT2D eigenvalue weighted by atomic mass is 32.1. The van der Waals surface area contributed by atoms with Crippen LogP contribution in [0, 0.1) is 6.92 Å². The molecule has 0 fully saturated rings. The molecule has 5 nitrogen and oxygen atoms in total. The van der Waals surface area contributed by atoms with Gasteiger partial charge in [0, 0.05) is 23.2 Å². The van der Waals surface area contributed by atoms with Gasteiger partial charge in [-0.1, -0.05) is 13.3 Å². The first-order chi connectivity index (χ1) is 14.7. The Bertz CT molecular complexity index is 1210. The van der Waals surface area contributed by atoms with Gasteiger partial charge in [0.15, 0.2) is 5.65 Å². The minimum absolute atomic E-state index is 0.344. The van der Waals surface area contributed by atoms with Crippen molar-refractivity contribution in [1.82, 2.24) is 9.55 Å². The molecule has 164 valence electrons. The maximum absolute atomic E-state index is 12.8. The number of halogens is 3. The molecule has 0 radical (unpaired) electrons. The number of nitrogens with zero attached hydrogens (tertiary/aromatic N) is 2. The SMILES string of the molecule is CCCCO.Cc1nc2c(s1)c1cc(C(N)=O)ccc1n2-c1ccc(C(F)(F)F)cc1. The number of aryl methyl sites for hydroxylation is 1. The minimum Gasteiger partial charge on any atom is -0.396 e. The molecule has 2 aromatic heterocycles. The molecule has 0 bridgehead atoms. The van der Waals surface area contributed by atoms with Crippen molar-refractivity contribution in [2.75, 3.05) is 6.61 Å².